The van der Waals surface area contributed by atoms with Gasteiger partial charge in [-0.2, -0.15) is 0 Å². The number of hydrogen-bond donors (Lipinski definition) is 0. The zero-order chi connectivity index (χ0) is 18.8. The Morgan fingerprint density at radius 2 is 1.62 bits per heavy atom. The highest BCUT2D eigenvalue weighted by Gasteiger charge is 2.43. The monoisotopic (exact) mass is 382 g/mol. The van der Waals surface area contributed by atoms with Crippen molar-refractivity contribution in [3.05, 3.63) is 35.6 Å². The van der Waals surface area contributed by atoms with E-state index in [1.165, 1.54) is 22.7 Å². The second-order valence-electron chi connectivity index (χ2n) is 7.46. The lowest BCUT2D eigenvalue weighted by molar-refractivity contribution is -0.138. The molecule has 2 aliphatic rings. The van der Waals surface area contributed by atoms with Crippen LogP contribution < -0.4 is 0 Å². The Labute approximate surface area is 155 Å². The molecule has 1 aromatic rings. The molecular formula is C19H27FN2O3S. The minimum atomic E-state index is -3.24. The molecule has 1 saturated carbocycles. The molecule has 5 nitrogen and oxygen atoms in total. The fraction of sp³-hybridized carbons (Fsp3) is 0.632. The summed E-state index contributed by atoms with van der Waals surface area (Å²) in [7, 11) is -3.24. The summed E-state index contributed by atoms with van der Waals surface area (Å²) in [6, 6.07) is 6.32. The first-order chi connectivity index (χ1) is 12.3. The predicted octanol–water partition coefficient (Wildman–Crippen LogP) is 2.52. The molecule has 3 rings (SSSR count). The van der Waals surface area contributed by atoms with Crippen molar-refractivity contribution in [3.63, 3.8) is 0 Å². The van der Waals surface area contributed by atoms with Gasteiger partial charge in [0.15, 0.2) is 0 Å². The van der Waals surface area contributed by atoms with Gasteiger partial charge in [-0.15, -0.1) is 0 Å². The van der Waals surface area contributed by atoms with E-state index in [9.17, 15) is 17.6 Å². The molecule has 26 heavy (non-hydrogen) atoms. The Kier molecular flexibility index (Phi) is 5.67. The second-order valence-corrected chi connectivity index (χ2v) is 9.44. The number of rotatable bonds is 3. The number of hydrogen-bond acceptors (Lipinski definition) is 3. The minimum Gasteiger partial charge on any atom is -0.341 e. The van der Waals surface area contributed by atoms with Crippen LogP contribution >= 0.6 is 0 Å². The van der Waals surface area contributed by atoms with Crippen molar-refractivity contribution < 1.29 is 17.6 Å². The molecule has 1 aromatic carbocycles. The normalized spacial score (nSPS) is 22.0. The van der Waals surface area contributed by atoms with Crippen molar-refractivity contribution in [2.24, 2.45) is 0 Å². The van der Waals surface area contributed by atoms with Crippen molar-refractivity contribution >= 4 is 15.9 Å². The molecule has 0 bridgehead atoms. The zero-order valence-corrected chi connectivity index (χ0v) is 16.1. The van der Waals surface area contributed by atoms with Crippen LogP contribution in [0.25, 0.3) is 0 Å². The number of halogens is 1. The van der Waals surface area contributed by atoms with Crippen LogP contribution in [0, 0.1) is 5.82 Å². The van der Waals surface area contributed by atoms with Gasteiger partial charge in [-0.1, -0.05) is 31.4 Å². The Balaban J connectivity index is 1.85. The van der Waals surface area contributed by atoms with Gasteiger partial charge in [0.25, 0.3) is 0 Å². The van der Waals surface area contributed by atoms with Crippen LogP contribution in [-0.4, -0.2) is 56.0 Å². The van der Waals surface area contributed by atoms with Gasteiger partial charge < -0.3 is 4.90 Å². The molecule has 0 unspecified atom stereocenters. The molecule has 1 aliphatic carbocycles. The van der Waals surface area contributed by atoms with Crippen molar-refractivity contribution in [2.75, 3.05) is 32.4 Å². The average molecular weight is 383 g/mol. The molecule has 1 amide bonds. The van der Waals surface area contributed by atoms with Gasteiger partial charge in [0.2, 0.25) is 15.9 Å². The van der Waals surface area contributed by atoms with Gasteiger partial charge in [-0.25, -0.2) is 17.1 Å². The average Bonchev–Trinajstić information content (AvgIpc) is 2.88. The molecule has 0 spiro atoms. The molecule has 0 aromatic heterocycles. The lowest BCUT2D eigenvalue weighted by Crippen LogP contribution is -2.49. The molecule has 1 saturated heterocycles. The maximum absolute atomic E-state index is 13.5. The molecule has 0 atom stereocenters. The Morgan fingerprint density at radius 3 is 2.23 bits per heavy atom. The lowest BCUT2D eigenvalue weighted by atomic mass is 9.68. The van der Waals surface area contributed by atoms with E-state index in [0.29, 0.717) is 32.6 Å². The first kappa shape index (κ1) is 19.3. The Morgan fingerprint density at radius 1 is 0.962 bits per heavy atom. The quantitative estimate of drug-likeness (QED) is 0.807. The van der Waals surface area contributed by atoms with E-state index >= 15 is 0 Å². The Hall–Kier alpha value is -1.47. The highest BCUT2D eigenvalue weighted by molar-refractivity contribution is 7.88. The van der Waals surface area contributed by atoms with Crippen molar-refractivity contribution in [2.45, 2.75) is 43.9 Å². The number of amides is 1. The summed E-state index contributed by atoms with van der Waals surface area (Å²) in [6.45, 7) is 1.76. The SMILES string of the molecule is CS(=O)(=O)N1CCCN(C(=O)C2(c3ccc(F)cc3)CCCCC2)CC1. The standard InChI is InChI=1S/C19H27FN2O3S/c1-26(24,25)22-13-5-12-21(14-15-22)18(23)19(10-3-2-4-11-19)16-6-8-17(20)9-7-16/h6-9H,2-5,10-15H2,1H3. The summed E-state index contributed by atoms with van der Waals surface area (Å²) in [4.78, 5) is 15.4. The van der Waals surface area contributed by atoms with Crippen LogP contribution in [0.15, 0.2) is 24.3 Å². The molecule has 2 fully saturated rings. The first-order valence-electron chi connectivity index (χ1n) is 9.33. The fourth-order valence-electron chi connectivity index (χ4n) is 4.28. The molecule has 0 radical (unpaired) electrons. The van der Waals surface area contributed by atoms with E-state index in [4.69, 9.17) is 0 Å². The van der Waals surface area contributed by atoms with Gasteiger partial charge in [0.1, 0.15) is 5.82 Å². The first-order valence-corrected chi connectivity index (χ1v) is 11.2. The summed E-state index contributed by atoms with van der Waals surface area (Å²) in [5, 5.41) is 0. The van der Waals surface area contributed by atoms with Crippen LogP contribution in [0.2, 0.25) is 0 Å². The molecular weight excluding hydrogens is 355 g/mol. The molecule has 1 aliphatic heterocycles. The van der Waals surface area contributed by atoms with E-state index in [2.05, 4.69) is 0 Å². The third kappa shape index (κ3) is 3.93. The van der Waals surface area contributed by atoms with Crippen molar-refractivity contribution in [1.29, 1.82) is 0 Å². The topological polar surface area (TPSA) is 57.7 Å². The maximum Gasteiger partial charge on any atom is 0.233 e. The maximum atomic E-state index is 13.5. The van der Waals surface area contributed by atoms with Gasteiger partial charge in [-0.3, -0.25) is 4.79 Å². The fourth-order valence-corrected chi connectivity index (χ4v) is 5.16. The molecule has 0 N–H and O–H groups in total. The summed E-state index contributed by atoms with van der Waals surface area (Å²) < 4.78 is 38.5. The summed E-state index contributed by atoms with van der Waals surface area (Å²) >= 11 is 0. The smallest absolute Gasteiger partial charge is 0.233 e. The third-order valence-corrected chi connectivity index (χ3v) is 7.03. The van der Waals surface area contributed by atoms with Crippen LogP contribution in [0.4, 0.5) is 4.39 Å². The molecule has 1 heterocycles. The summed E-state index contributed by atoms with van der Waals surface area (Å²) in [5.74, 6) is -0.232. The summed E-state index contributed by atoms with van der Waals surface area (Å²) in [6.07, 6.45) is 6.45. The Bertz CT molecular complexity index is 743. The van der Waals surface area contributed by atoms with Crippen LogP contribution in [0.1, 0.15) is 44.1 Å². The van der Waals surface area contributed by atoms with E-state index in [1.54, 1.807) is 12.1 Å². The highest BCUT2D eigenvalue weighted by Crippen LogP contribution is 2.41. The van der Waals surface area contributed by atoms with Gasteiger partial charge >= 0.3 is 0 Å². The van der Waals surface area contributed by atoms with Crippen LogP contribution in [-0.2, 0) is 20.2 Å². The number of sulfonamides is 1. The van der Waals surface area contributed by atoms with Gasteiger partial charge in [0, 0.05) is 26.2 Å². The van der Waals surface area contributed by atoms with E-state index in [1.807, 2.05) is 4.90 Å². The second kappa shape index (κ2) is 7.64. The van der Waals surface area contributed by atoms with Crippen molar-refractivity contribution in [1.82, 2.24) is 9.21 Å². The number of nitrogens with zero attached hydrogens (tertiary/aromatic N) is 2. The third-order valence-electron chi connectivity index (χ3n) is 5.72. The minimum absolute atomic E-state index is 0.0687. The van der Waals surface area contributed by atoms with Gasteiger partial charge in [0.05, 0.1) is 11.7 Å². The molecule has 7 heteroatoms. The zero-order valence-electron chi connectivity index (χ0n) is 15.3. The van der Waals surface area contributed by atoms with Gasteiger partial charge in [-0.05, 0) is 37.0 Å². The molecule has 144 valence electrons. The number of benzene rings is 1. The van der Waals surface area contributed by atoms with E-state index < -0.39 is 15.4 Å². The highest BCUT2D eigenvalue weighted by atomic mass is 32.2. The number of carbonyl (C=O) groups excluding carboxylic acids is 1. The number of carbonyl (C=O) groups is 1. The van der Waals surface area contributed by atoms with Crippen molar-refractivity contribution in [3.8, 4) is 0 Å². The van der Waals surface area contributed by atoms with Crippen LogP contribution in [0.3, 0.4) is 0 Å². The lowest BCUT2D eigenvalue weighted by Gasteiger charge is -2.40. The van der Waals surface area contributed by atoms with Crippen LogP contribution in [0.5, 0.6) is 0 Å². The van der Waals surface area contributed by atoms with E-state index in [-0.39, 0.29) is 11.7 Å². The largest absolute Gasteiger partial charge is 0.341 e. The summed E-state index contributed by atoms with van der Waals surface area (Å²) in [5.41, 5.74) is 0.277. The predicted molar refractivity (Wildman–Crippen MR) is 98.8 cm³/mol. The van der Waals surface area contributed by atoms with E-state index in [0.717, 1.165) is 37.7 Å².